The van der Waals surface area contributed by atoms with Crippen LogP contribution in [0.3, 0.4) is 0 Å². The molecular formula is C15H18ClN3O2. The predicted molar refractivity (Wildman–Crippen MR) is 83.9 cm³/mol. The van der Waals surface area contributed by atoms with Crippen molar-refractivity contribution in [1.82, 2.24) is 10.3 Å². The molecule has 1 aliphatic heterocycles. The van der Waals surface area contributed by atoms with Gasteiger partial charge in [0.05, 0.1) is 6.42 Å². The van der Waals surface area contributed by atoms with Gasteiger partial charge < -0.3 is 20.7 Å². The van der Waals surface area contributed by atoms with Gasteiger partial charge in [0.1, 0.15) is 0 Å². The molecule has 0 fully saturated rings. The van der Waals surface area contributed by atoms with Crippen molar-refractivity contribution in [3.05, 3.63) is 28.4 Å². The van der Waals surface area contributed by atoms with Crippen molar-refractivity contribution in [2.45, 2.75) is 19.3 Å². The van der Waals surface area contributed by atoms with E-state index in [1.807, 2.05) is 12.1 Å². The van der Waals surface area contributed by atoms with E-state index < -0.39 is 0 Å². The Bertz CT molecular complexity index is 681. The maximum atomic E-state index is 11.8. The van der Waals surface area contributed by atoms with Gasteiger partial charge >= 0.3 is 0 Å². The number of hydrogen-bond acceptors (Lipinski definition) is 3. The van der Waals surface area contributed by atoms with Gasteiger partial charge in [-0.1, -0.05) is 11.6 Å². The Balaban J connectivity index is 2.08. The molecular weight excluding hydrogens is 290 g/mol. The number of aliphatic hydroxyl groups is 1. The standard InChI is InChI=1S/C15H18ClN3O2/c16-9-6-12(17-3-1-5-20)15-10-8-14(21)18-4-2-11(10)19-13(15)7-9/h6-7,17,19-20H,1-5,8H2,(H,18,21). The maximum Gasteiger partial charge on any atom is 0.224 e. The van der Waals surface area contributed by atoms with E-state index in [1.165, 1.54) is 0 Å². The van der Waals surface area contributed by atoms with Gasteiger partial charge in [0.15, 0.2) is 0 Å². The van der Waals surface area contributed by atoms with Crippen LogP contribution in [-0.2, 0) is 17.6 Å². The molecule has 21 heavy (non-hydrogen) atoms. The number of hydrogen-bond donors (Lipinski definition) is 4. The molecule has 1 aromatic carbocycles. The third kappa shape index (κ3) is 2.84. The van der Waals surface area contributed by atoms with Crippen molar-refractivity contribution < 1.29 is 9.90 Å². The molecule has 4 N–H and O–H groups in total. The van der Waals surface area contributed by atoms with Crippen LogP contribution in [0.15, 0.2) is 12.1 Å². The summed E-state index contributed by atoms with van der Waals surface area (Å²) in [7, 11) is 0. The van der Waals surface area contributed by atoms with E-state index >= 15 is 0 Å². The summed E-state index contributed by atoms with van der Waals surface area (Å²) in [6.45, 7) is 1.46. The SMILES string of the molecule is O=C1Cc2c([nH]c3cc(Cl)cc(NCCCO)c23)CCN1. The molecule has 1 aromatic heterocycles. The van der Waals surface area contributed by atoms with E-state index in [0.717, 1.165) is 34.3 Å². The molecule has 0 aliphatic carbocycles. The molecule has 0 bridgehead atoms. The molecule has 0 atom stereocenters. The fraction of sp³-hybridized carbons (Fsp3) is 0.400. The molecule has 3 rings (SSSR count). The molecule has 6 heteroatoms. The van der Waals surface area contributed by atoms with Crippen LogP contribution >= 0.6 is 11.6 Å². The van der Waals surface area contributed by atoms with E-state index in [0.29, 0.717) is 31.0 Å². The highest BCUT2D eigenvalue weighted by Gasteiger charge is 2.20. The van der Waals surface area contributed by atoms with E-state index in [-0.39, 0.29) is 12.5 Å². The Morgan fingerprint density at radius 1 is 1.38 bits per heavy atom. The van der Waals surface area contributed by atoms with Crippen molar-refractivity contribution in [3.8, 4) is 0 Å². The lowest BCUT2D eigenvalue weighted by Gasteiger charge is -2.09. The van der Waals surface area contributed by atoms with Crippen molar-refractivity contribution in [2.24, 2.45) is 0 Å². The zero-order valence-corrected chi connectivity index (χ0v) is 12.4. The number of aliphatic hydroxyl groups excluding tert-OH is 1. The van der Waals surface area contributed by atoms with E-state index in [9.17, 15) is 4.79 Å². The molecule has 0 saturated heterocycles. The highest BCUT2D eigenvalue weighted by molar-refractivity contribution is 6.32. The first kappa shape index (κ1) is 14.2. The molecule has 5 nitrogen and oxygen atoms in total. The van der Waals surface area contributed by atoms with Crippen molar-refractivity contribution in [2.75, 3.05) is 25.0 Å². The number of rotatable bonds is 4. The van der Waals surface area contributed by atoms with Crippen molar-refractivity contribution in [1.29, 1.82) is 0 Å². The summed E-state index contributed by atoms with van der Waals surface area (Å²) in [5.74, 6) is 0.0471. The van der Waals surface area contributed by atoms with Gasteiger partial charge in [-0.05, 0) is 24.1 Å². The Morgan fingerprint density at radius 2 is 2.24 bits per heavy atom. The molecule has 2 heterocycles. The number of benzene rings is 1. The Morgan fingerprint density at radius 3 is 3.05 bits per heavy atom. The number of nitrogens with one attached hydrogen (secondary N) is 3. The molecule has 0 saturated carbocycles. The Kier molecular flexibility index (Phi) is 4.03. The normalized spacial score (nSPS) is 14.7. The summed E-state index contributed by atoms with van der Waals surface area (Å²) in [6, 6.07) is 3.76. The summed E-state index contributed by atoms with van der Waals surface area (Å²) >= 11 is 6.17. The summed E-state index contributed by atoms with van der Waals surface area (Å²) < 4.78 is 0. The van der Waals surface area contributed by atoms with Gasteiger partial charge in [-0.15, -0.1) is 0 Å². The summed E-state index contributed by atoms with van der Waals surface area (Å²) in [5.41, 5.74) is 4.01. The maximum absolute atomic E-state index is 11.8. The zero-order valence-electron chi connectivity index (χ0n) is 11.6. The van der Waals surface area contributed by atoms with Crippen molar-refractivity contribution in [3.63, 3.8) is 0 Å². The van der Waals surface area contributed by atoms with Crippen LogP contribution in [-0.4, -0.2) is 35.7 Å². The third-order valence-corrected chi connectivity index (χ3v) is 3.96. The minimum absolute atomic E-state index is 0.0471. The number of H-pyrrole nitrogens is 1. The summed E-state index contributed by atoms with van der Waals surface area (Å²) in [5, 5.41) is 16.8. The zero-order chi connectivity index (χ0) is 14.8. The van der Waals surface area contributed by atoms with E-state index in [1.54, 1.807) is 0 Å². The van der Waals surface area contributed by atoms with Crippen LogP contribution in [0, 0.1) is 0 Å². The lowest BCUT2D eigenvalue weighted by atomic mass is 10.0. The number of halogens is 1. The first-order chi connectivity index (χ1) is 10.2. The second-order valence-corrected chi connectivity index (χ2v) is 5.68. The van der Waals surface area contributed by atoms with Gasteiger partial charge in [-0.2, -0.15) is 0 Å². The predicted octanol–water partition coefficient (Wildman–Crippen LogP) is 1.83. The quantitative estimate of drug-likeness (QED) is 0.651. The first-order valence-corrected chi connectivity index (χ1v) is 7.51. The largest absolute Gasteiger partial charge is 0.396 e. The molecule has 0 radical (unpaired) electrons. The average molecular weight is 308 g/mol. The second-order valence-electron chi connectivity index (χ2n) is 5.24. The fourth-order valence-electron chi connectivity index (χ4n) is 2.82. The molecule has 1 amide bonds. The van der Waals surface area contributed by atoms with E-state index in [2.05, 4.69) is 15.6 Å². The van der Waals surface area contributed by atoms with Gasteiger partial charge in [0, 0.05) is 53.4 Å². The van der Waals surface area contributed by atoms with Crippen LogP contribution in [0.1, 0.15) is 17.7 Å². The number of carbonyl (C=O) groups is 1. The second kappa shape index (κ2) is 5.95. The van der Waals surface area contributed by atoms with Gasteiger partial charge in [0.25, 0.3) is 0 Å². The molecule has 0 spiro atoms. The Labute approximate surface area is 127 Å². The lowest BCUT2D eigenvalue weighted by molar-refractivity contribution is -0.120. The van der Waals surface area contributed by atoms with Crippen LogP contribution < -0.4 is 10.6 Å². The van der Waals surface area contributed by atoms with Gasteiger partial charge in [-0.25, -0.2) is 0 Å². The third-order valence-electron chi connectivity index (χ3n) is 3.74. The number of fused-ring (bicyclic) bond motifs is 3. The lowest BCUT2D eigenvalue weighted by Crippen LogP contribution is -2.24. The van der Waals surface area contributed by atoms with Crippen LogP contribution in [0.25, 0.3) is 10.9 Å². The topological polar surface area (TPSA) is 77.2 Å². The molecule has 2 aromatic rings. The number of aromatic amines is 1. The first-order valence-electron chi connectivity index (χ1n) is 7.13. The van der Waals surface area contributed by atoms with Gasteiger partial charge in [0.2, 0.25) is 5.91 Å². The average Bonchev–Trinajstić information content (AvgIpc) is 2.66. The van der Waals surface area contributed by atoms with Crippen LogP contribution in [0.5, 0.6) is 0 Å². The molecule has 0 unspecified atom stereocenters. The monoisotopic (exact) mass is 307 g/mol. The highest BCUT2D eigenvalue weighted by atomic mass is 35.5. The summed E-state index contributed by atoms with van der Waals surface area (Å²) in [4.78, 5) is 15.2. The number of anilines is 1. The molecule has 112 valence electrons. The minimum Gasteiger partial charge on any atom is -0.396 e. The fourth-order valence-corrected chi connectivity index (χ4v) is 3.04. The number of amides is 1. The molecule has 1 aliphatic rings. The van der Waals surface area contributed by atoms with E-state index in [4.69, 9.17) is 16.7 Å². The van der Waals surface area contributed by atoms with Gasteiger partial charge in [-0.3, -0.25) is 4.79 Å². The smallest absolute Gasteiger partial charge is 0.224 e. The van der Waals surface area contributed by atoms with Crippen molar-refractivity contribution >= 4 is 34.1 Å². The highest BCUT2D eigenvalue weighted by Crippen LogP contribution is 2.34. The number of carbonyl (C=O) groups excluding carboxylic acids is 1. The van der Waals surface area contributed by atoms with Crippen LogP contribution in [0.4, 0.5) is 5.69 Å². The van der Waals surface area contributed by atoms with Crippen LogP contribution in [0.2, 0.25) is 5.02 Å². The summed E-state index contributed by atoms with van der Waals surface area (Å²) in [6.07, 6.45) is 1.84. The number of aromatic nitrogens is 1. The minimum atomic E-state index is 0.0471. The Hall–Kier alpha value is -1.72.